The van der Waals surface area contributed by atoms with Crippen molar-refractivity contribution in [1.82, 2.24) is 39.0 Å². The van der Waals surface area contributed by atoms with E-state index >= 15 is 0 Å². The minimum atomic E-state index is -5.54. The molecule has 5 heterocycles. The van der Waals surface area contributed by atoms with Crippen molar-refractivity contribution in [3.05, 3.63) is 56.8 Å². The number of rotatable bonds is 13. The number of nitrogen functional groups attached to an aromatic ring is 1. The van der Waals surface area contributed by atoms with Crippen LogP contribution in [-0.4, -0.2) is 124 Å². The number of hydrogen-bond donors (Lipinski definition) is 9. The van der Waals surface area contributed by atoms with Gasteiger partial charge in [-0.05, 0) is 37.1 Å². The van der Waals surface area contributed by atoms with Gasteiger partial charge < -0.3 is 50.4 Å². The van der Waals surface area contributed by atoms with Crippen molar-refractivity contribution < 1.29 is 62.5 Å². The molecule has 0 radical (unpaired) electrons. The highest BCUT2D eigenvalue weighted by molar-refractivity contribution is 7.61. The molecule has 1 saturated heterocycles. The standard InChI is InChI=1S/C27H33N9O15P2/c1-10-3-12-13(4-11(10)2)35(24-18(32-12)25(42)34-27(43)33-24)5-14(37)19(39)15(38)6-48-52(44,45)51-53(46,47)49-7-16-20(40)21(41)26(50-16)36-9-31-17-22(28)29-8-30-23(17)36/h3-4,8-9,14-16,19-21,26,37-41H,5-7H2,1-2H3,(H,44,45)(H,46,47)(H2,28,29,30)(H,34,42,43)/t14-,15-,16-,19+,20-,21-,26-/m1/s1. The molecule has 0 bridgehead atoms. The molecule has 1 fully saturated rings. The number of ether oxygens (including phenoxy) is 1. The first-order chi connectivity index (χ1) is 24.9. The van der Waals surface area contributed by atoms with E-state index in [2.05, 4.69) is 33.8 Å². The second-order valence-electron chi connectivity index (χ2n) is 12.1. The molecule has 0 aliphatic carbocycles. The van der Waals surface area contributed by atoms with Crippen LogP contribution in [0.5, 0.6) is 0 Å². The van der Waals surface area contributed by atoms with Crippen LogP contribution < -0.4 is 17.0 Å². The Bertz CT molecular complexity index is 2350. The van der Waals surface area contributed by atoms with Crippen molar-refractivity contribution in [2.75, 3.05) is 18.9 Å². The Morgan fingerprint density at radius 3 is 2.42 bits per heavy atom. The van der Waals surface area contributed by atoms with Gasteiger partial charge in [-0.2, -0.15) is 9.29 Å². The first-order valence-electron chi connectivity index (χ1n) is 15.4. The molecule has 24 nitrogen and oxygen atoms in total. The summed E-state index contributed by atoms with van der Waals surface area (Å²) < 4.78 is 46.6. The molecule has 0 spiro atoms. The minimum Gasteiger partial charge on any atom is -0.388 e. The van der Waals surface area contributed by atoms with Crippen molar-refractivity contribution in [3.63, 3.8) is 0 Å². The molecule has 3 aromatic rings. The van der Waals surface area contributed by atoms with Gasteiger partial charge in [-0.25, -0.2) is 33.9 Å². The average Bonchev–Trinajstić information content (AvgIpc) is 3.63. The minimum absolute atomic E-state index is 0.0293. The van der Waals surface area contributed by atoms with Crippen LogP contribution in [0.1, 0.15) is 17.4 Å². The third kappa shape index (κ3) is 7.91. The van der Waals surface area contributed by atoms with Gasteiger partial charge in [-0.1, -0.05) is 0 Å². The SMILES string of the molecule is Cc1cc2nc3c(=O)[nH]c(=O)nc-3n(C[C@@H](O)[C@H](O)[C@H](O)COP(=O)(O)OP(=O)(O)OC[C@H]3O[C@@H](n4cnc5c(N)ncnc54)[C@H](O)[C@@H]3O)c2cc1C. The van der Waals surface area contributed by atoms with Gasteiger partial charge in [0.15, 0.2) is 29.2 Å². The lowest BCUT2D eigenvalue weighted by Crippen LogP contribution is -2.42. The summed E-state index contributed by atoms with van der Waals surface area (Å²) in [6, 6.07) is 3.29. The molecule has 26 heteroatoms. The van der Waals surface area contributed by atoms with E-state index in [-0.39, 0.29) is 34.0 Å². The first-order valence-corrected chi connectivity index (χ1v) is 18.4. The van der Waals surface area contributed by atoms with Crippen molar-refractivity contribution in [1.29, 1.82) is 0 Å². The van der Waals surface area contributed by atoms with Crippen molar-refractivity contribution in [3.8, 4) is 11.5 Å². The number of aliphatic hydroxyl groups is 5. The number of hydrogen-bond acceptors (Lipinski definition) is 19. The van der Waals surface area contributed by atoms with Crippen LogP contribution in [0, 0.1) is 13.8 Å². The van der Waals surface area contributed by atoms with E-state index in [1.165, 1.54) is 15.5 Å². The third-order valence-electron chi connectivity index (χ3n) is 8.40. The fourth-order valence-electron chi connectivity index (χ4n) is 5.55. The van der Waals surface area contributed by atoms with Gasteiger partial charge in [0.05, 0.1) is 37.1 Å². The fourth-order valence-corrected chi connectivity index (χ4v) is 7.65. The maximum Gasteiger partial charge on any atom is 0.481 e. The number of anilines is 1. The maximum atomic E-state index is 12.5. The predicted octanol–water partition coefficient (Wildman–Crippen LogP) is -2.42. The lowest BCUT2D eigenvalue weighted by molar-refractivity contribution is -0.0794. The summed E-state index contributed by atoms with van der Waals surface area (Å²) in [6.45, 7) is 0.795. The summed E-state index contributed by atoms with van der Waals surface area (Å²) in [5, 5.41) is 53.0. The van der Waals surface area contributed by atoms with Gasteiger partial charge in [-0.15, -0.1) is 0 Å². The zero-order valence-corrected chi connectivity index (χ0v) is 29.3. The largest absolute Gasteiger partial charge is 0.481 e. The summed E-state index contributed by atoms with van der Waals surface area (Å²) in [4.78, 5) is 66.6. The molecular formula is C27H33N9O15P2. The van der Waals surface area contributed by atoms with Crippen LogP contribution in [0.25, 0.3) is 33.7 Å². The van der Waals surface area contributed by atoms with Gasteiger partial charge in [0.2, 0.25) is 0 Å². The lowest BCUT2D eigenvalue weighted by atomic mass is 10.1. The topological polar surface area (TPSA) is 363 Å². The second kappa shape index (κ2) is 14.6. The molecule has 286 valence electrons. The van der Waals surface area contributed by atoms with Crippen LogP contribution in [0.2, 0.25) is 0 Å². The number of nitrogens with two attached hydrogens (primary N) is 1. The van der Waals surface area contributed by atoms with Crippen molar-refractivity contribution in [2.45, 2.75) is 63.2 Å². The number of aromatic nitrogens is 8. The van der Waals surface area contributed by atoms with E-state index in [0.717, 1.165) is 17.5 Å². The highest BCUT2D eigenvalue weighted by atomic mass is 31.3. The maximum absolute atomic E-state index is 12.5. The molecule has 0 saturated carbocycles. The quantitative estimate of drug-likeness (QED) is 0.0443. The van der Waals surface area contributed by atoms with E-state index in [1.807, 2.05) is 4.98 Å². The summed E-state index contributed by atoms with van der Waals surface area (Å²) in [5.74, 6) is -0.212. The van der Waals surface area contributed by atoms with Crippen LogP contribution in [0.3, 0.4) is 0 Å². The third-order valence-corrected chi connectivity index (χ3v) is 11.0. The number of phosphoric acid groups is 2. The molecule has 0 amide bonds. The molecule has 3 aliphatic rings. The fraction of sp³-hybridized carbons (Fsp3) is 0.444. The van der Waals surface area contributed by atoms with E-state index in [4.69, 9.17) is 15.0 Å². The lowest BCUT2D eigenvalue weighted by Gasteiger charge is -2.26. The van der Waals surface area contributed by atoms with Gasteiger partial charge in [0, 0.05) is 0 Å². The van der Waals surface area contributed by atoms with E-state index < -0.39 is 89.5 Å². The summed E-state index contributed by atoms with van der Waals surface area (Å²) in [5.41, 5.74) is 6.11. The summed E-state index contributed by atoms with van der Waals surface area (Å²) in [7, 11) is -11.0. The molecular weight excluding hydrogens is 752 g/mol. The predicted molar refractivity (Wildman–Crippen MR) is 177 cm³/mol. The van der Waals surface area contributed by atoms with E-state index in [0.29, 0.717) is 5.52 Å². The molecule has 1 aromatic carbocycles. The Hall–Kier alpha value is -4.13. The number of aliphatic hydroxyl groups excluding tert-OH is 5. The molecule has 53 heavy (non-hydrogen) atoms. The Morgan fingerprint density at radius 2 is 1.68 bits per heavy atom. The molecule has 2 aromatic heterocycles. The van der Waals surface area contributed by atoms with Gasteiger partial charge in [0.1, 0.15) is 48.5 Å². The zero-order chi connectivity index (χ0) is 38.6. The van der Waals surface area contributed by atoms with Crippen LogP contribution in [0.15, 0.2) is 34.4 Å². The number of aryl methyl sites for hydroxylation is 2. The molecule has 2 unspecified atom stereocenters. The first kappa shape index (κ1) is 38.6. The monoisotopic (exact) mass is 785 g/mol. The Kier molecular flexibility index (Phi) is 10.6. The number of aromatic amines is 1. The van der Waals surface area contributed by atoms with E-state index in [9.17, 15) is 54.0 Å². The molecule has 6 rings (SSSR count). The normalized spacial score (nSPS) is 23.3. The molecule has 9 atom stereocenters. The Balaban J connectivity index is 1.07. The van der Waals surface area contributed by atoms with E-state index in [1.54, 1.807) is 26.0 Å². The number of benzene rings is 1. The van der Waals surface area contributed by atoms with Crippen LogP contribution in [0.4, 0.5) is 5.82 Å². The number of imidazole rings is 1. The van der Waals surface area contributed by atoms with Crippen molar-refractivity contribution >= 4 is 43.7 Å². The Morgan fingerprint density at radius 1 is 0.981 bits per heavy atom. The Labute approximate surface area is 295 Å². The van der Waals surface area contributed by atoms with Gasteiger partial charge >= 0.3 is 21.3 Å². The number of nitrogens with zero attached hydrogens (tertiary/aromatic N) is 7. The molecule has 10 N–H and O–H groups in total. The van der Waals surface area contributed by atoms with Gasteiger partial charge in [-0.3, -0.25) is 23.4 Å². The number of H-pyrrole nitrogens is 1. The zero-order valence-electron chi connectivity index (χ0n) is 27.5. The summed E-state index contributed by atoms with van der Waals surface area (Å²) in [6.07, 6.45) is -9.93. The highest BCUT2D eigenvalue weighted by Crippen LogP contribution is 2.60. The summed E-state index contributed by atoms with van der Waals surface area (Å²) >= 11 is 0. The average molecular weight is 786 g/mol. The number of nitrogens with one attached hydrogen (secondary N) is 1. The number of phosphoric ester groups is 2. The van der Waals surface area contributed by atoms with Crippen LogP contribution >= 0.6 is 15.6 Å². The number of fused-ring (bicyclic) bond motifs is 3. The molecule has 3 aliphatic heterocycles. The van der Waals surface area contributed by atoms with Crippen LogP contribution in [-0.2, 0) is 33.8 Å². The van der Waals surface area contributed by atoms with Crippen molar-refractivity contribution in [2.24, 2.45) is 0 Å². The smallest absolute Gasteiger partial charge is 0.388 e. The van der Waals surface area contributed by atoms with Gasteiger partial charge in [0.25, 0.3) is 5.56 Å². The highest BCUT2D eigenvalue weighted by Gasteiger charge is 2.46. The second-order valence-corrected chi connectivity index (χ2v) is 15.1.